The van der Waals surface area contributed by atoms with Crippen LogP contribution in [0.2, 0.25) is 0 Å². The Labute approximate surface area is 193 Å². The van der Waals surface area contributed by atoms with E-state index in [9.17, 15) is 4.79 Å². The van der Waals surface area contributed by atoms with Crippen molar-refractivity contribution in [2.45, 2.75) is 30.3 Å². The molecule has 6 nitrogen and oxygen atoms in total. The Kier molecular flexibility index (Phi) is 6.13. The van der Waals surface area contributed by atoms with Crippen LogP contribution >= 0.6 is 23.1 Å². The molecule has 8 heteroatoms. The number of thioether (sulfide) groups is 1. The maximum Gasteiger partial charge on any atom is 0.262 e. The lowest BCUT2D eigenvalue weighted by atomic mass is 10.1. The van der Waals surface area contributed by atoms with Crippen LogP contribution in [-0.2, 0) is 18.7 Å². The summed E-state index contributed by atoms with van der Waals surface area (Å²) in [5.74, 6) is 1.56. The minimum atomic E-state index is -0.0155. The zero-order valence-electron chi connectivity index (χ0n) is 17.2. The lowest BCUT2D eigenvalue weighted by Crippen LogP contribution is -2.23. The minimum absolute atomic E-state index is 0.0155. The monoisotopic (exact) mass is 460 g/mol. The average molecular weight is 461 g/mol. The topological polar surface area (TPSA) is 73.8 Å². The number of fused-ring (bicyclic) bond motifs is 1. The lowest BCUT2D eigenvalue weighted by Gasteiger charge is -2.12. The first-order chi connectivity index (χ1) is 15.8. The first-order valence-corrected chi connectivity index (χ1v) is 12.2. The van der Waals surface area contributed by atoms with Crippen molar-refractivity contribution in [1.29, 1.82) is 0 Å². The normalized spacial score (nSPS) is 11.2. The summed E-state index contributed by atoms with van der Waals surface area (Å²) in [6, 6.07) is 19.7. The number of rotatable bonds is 8. The van der Waals surface area contributed by atoms with Gasteiger partial charge in [0.2, 0.25) is 0 Å². The summed E-state index contributed by atoms with van der Waals surface area (Å²) < 4.78 is 7.15. The summed E-state index contributed by atoms with van der Waals surface area (Å²) in [5, 5.41) is 9.34. The minimum Gasteiger partial charge on any atom is -0.334 e. The van der Waals surface area contributed by atoms with E-state index in [0.717, 1.165) is 18.4 Å². The van der Waals surface area contributed by atoms with Gasteiger partial charge in [-0.15, -0.1) is 0 Å². The zero-order valence-corrected chi connectivity index (χ0v) is 18.8. The average Bonchev–Trinajstić information content (AvgIpc) is 3.52. The van der Waals surface area contributed by atoms with Gasteiger partial charge in [-0.2, -0.15) is 16.3 Å². The predicted octanol–water partition coefficient (Wildman–Crippen LogP) is 5.43. The van der Waals surface area contributed by atoms with Crippen molar-refractivity contribution in [1.82, 2.24) is 19.7 Å². The third kappa shape index (κ3) is 4.51. The van der Waals surface area contributed by atoms with Crippen LogP contribution in [0.15, 0.2) is 85.9 Å². The van der Waals surface area contributed by atoms with Gasteiger partial charge in [-0.25, -0.2) is 4.98 Å². The van der Waals surface area contributed by atoms with Gasteiger partial charge in [-0.3, -0.25) is 9.36 Å². The molecule has 5 aromatic rings. The van der Waals surface area contributed by atoms with Crippen LogP contribution in [0.3, 0.4) is 0 Å². The van der Waals surface area contributed by atoms with Crippen molar-refractivity contribution in [3.05, 3.63) is 93.2 Å². The molecular weight excluding hydrogens is 440 g/mol. The van der Waals surface area contributed by atoms with E-state index in [1.54, 1.807) is 15.9 Å². The van der Waals surface area contributed by atoms with Crippen LogP contribution in [-0.4, -0.2) is 19.7 Å². The van der Waals surface area contributed by atoms with Crippen molar-refractivity contribution in [3.8, 4) is 11.5 Å². The van der Waals surface area contributed by atoms with Gasteiger partial charge in [0.15, 0.2) is 11.0 Å². The highest BCUT2D eigenvalue weighted by atomic mass is 32.2. The summed E-state index contributed by atoms with van der Waals surface area (Å²) in [7, 11) is 0. The highest BCUT2D eigenvalue weighted by Crippen LogP contribution is 2.24. The second-order valence-corrected chi connectivity index (χ2v) is 9.00. The summed E-state index contributed by atoms with van der Waals surface area (Å²) in [6.07, 6.45) is 1.75. The smallest absolute Gasteiger partial charge is 0.262 e. The van der Waals surface area contributed by atoms with Gasteiger partial charge in [0, 0.05) is 11.9 Å². The molecule has 3 heterocycles. The van der Waals surface area contributed by atoms with Crippen molar-refractivity contribution in [3.63, 3.8) is 0 Å². The molecule has 0 saturated carbocycles. The van der Waals surface area contributed by atoms with Gasteiger partial charge in [0.1, 0.15) is 0 Å². The molecule has 0 unspecified atom stereocenters. The van der Waals surface area contributed by atoms with Gasteiger partial charge < -0.3 is 4.52 Å². The van der Waals surface area contributed by atoms with Gasteiger partial charge in [-0.1, -0.05) is 59.4 Å². The number of nitrogens with zero attached hydrogens (tertiary/aromatic N) is 4. The van der Waals surface area contributed by atoms with Crippen LogP contribution < -0.4 is 5.56 Å². The van der Waals surface area contributed by atoms with Crippen molar-refractivity contribution < 1.29 is 4.52 Å². The molecule has 0 aliphatic rings. The molecule has 0 bridgehead atoms. The predicted molar refractivity (Wildman–Crippen MR) is 128 cm³/mol. The Hall–Kier alpha value is -3.23. The van der Waals surface area contributed by atoms with Crippen molar-refractivity contribution in [2.75, 3.05) is 0 Å². The molecule has 0 amide bonds. The Balaban J connectivity index is 1.38. The Morgan fingerprint density at radius 3 is 2.69 bits per heavy atom. The fraction of sp³-hybridized carbons (Fsp3) is 0.167. The zero-order chi connectivity index (χ0) is 21.8. The number of hydrogen-bond acceptors (Lipinski definition) is 7. The molecule has 3 aromatic heterocycles. The van der Waals surface area contributed by atoms with Crippen LogP contribution in [0, 0.1) is 0 Å². The van der Waals surface area contributed by atoms with E-state index >= 15 is 0 Å². The van der Waals surface area contributed by atoms with E-state index in [4.69, 9.17) is 9.51 Å². The van der Waals surface area contributed by atoms with Crippen LogP contribution in [0.5, 0.6) is 0 Å². The molecule has 2 aromatic carbocycles. The molecule has 0 spiro atoms. The molecular formula is C24H20N4O2S2. The van der Waals surface area contributed by atoms with Gasteiger partial charge in [0.25, 0.3) is 11.4 Å². The molecule has 32 heavy (non-hydrogen) atoms. The Morgan fingerprint density at radius 2 is 1.84 bits per heavy atom. The highest BCUT2D eigenvalue weighted by molar-refractivity contribution is 7.98. The lowest BCUT2D eigenvalue weighted by molar-refractivity contribution is 0.425. The molecule has 0 fully saturated rings. The van der Waals surface area contributed by atoms with E-state index in [2.05, 4.69) is 22.3 Å². The van der Waals surface area contributed by atoms with Gasteiger partial charge in [-0.05, 0) is 42.0 Å². The van der Waals surface area contributed by atoms with E-state index in [-0.39, 0.29) is 5.56 Å². The second kappa shape index (κ2) is 9.50. The SMILES string of the molecule is O=c1c2ccccc2nc(SCc2noc(-c3ccsc3)n2)n1CCCc1ccccc1. The first-order valence-electron chi connectivity index (χ1n) is 10.3. The third-order valence-corrected chi connectivity index (χ3v) is 6.74. The summed E-state index contributed by atoms with van der Waals surface area (Å²) in [4.78, 5) is 22.5. The molecule has 160 valence electrons. The summed E-state index contributed by atoms with van der Waals surface area (Å²) in [5.41, 5.74) is 2.86. The molecule has 0 aliphatic carbocycles. The van der Waals surface area contributed by atoms with E-state index in [1.807, 2.05) is 59.3 Å². The van der Waals surface area contributed by atoms with Crippen molar-refractivity contribution >= 4 is 34.0 Å². The van der Waals surface area contributed by atoms with Gasteiger partial charge in [0.05, 0.1) is 22.2 Å². The highest BCUT2D eigenvalue weighted by Gasteiger charge is 2.14. The molecule has 5 rings (SSSR count). The fourth-order valence-electron chi connectivity index (χ4n) is 3.49. The van der Waals surface area contributed by atoms with E-state index in [1.165, 1.54) is 17.3 Å². The number of para-hydroxylation sites is 1. The maximum absolute atomic E-state index is 13.2. The fourth-order valence-corrected chi connectivity index (χ4v) is 4.98. The number of thiophene rings is 1. The van der Waals surface area contributed by atoms with Crippen LogP contribution in [0.4, 0.5) is 0 Å². The molecule has 0 radical (unpaired) electrons. The second-order valence-electron chi connectivity index (χ2n) is 7.27. The summed E-state index contributed by atoms with van der Waals surface area (Å²) >= 11 is 3.04. The van der Waals surface area contributed by atoms with Gasteiger partial charge >= 0.3 is 0 Å². The molecule has 0 atom stereocenters. The van der Waals surface area contributed by atoms with E-state index in [0.29, 0.717) is 40.1 Å². The first kappa shape index (κ1) is 20.7. The van der Waals surface area contributed by atoms with Crippen LogP contribution in [0.1, 0.15) is 17.8 Å². The molecule has 0 saturated heterocycles. The standard InChI is InChI=1S/C24H20N4O2S2/c29-23-19-10-4-5-11-20(19)25-24(28(23)13-6-9-17-7-2-1-3-8-17)32-16-21-26-22(30-27-21)18-12-14-31-15-18/h1-5,7-8,10-12,14-15H,6,9,13,16H2. The van der Waals surface area contributed by atoms with E-state index < -0.39 is 0 Å². The quantitative estimate of drug-likeness (QED) is 0.227. The number of benzene rings is 2. The largest absolute Gasteiger partial charge is 0.334 e. The Bertz CT molecular complexity index is 1380. The number of hydrogen-bond donors (Lipinski definition) is 0. The number of aryl methyl sites for hydroxylation is 1. The Morgan fingerprint density at radius 1 is 1.00 bits per heavy atom. The van der Waals surface area contributed by atoms with Crippen molar-refractivity contribution in [2.24, 2.45) is 0 Å². The molecule has 0 aliphatic heterocycles. The molecule has 0 N–H and O–H groups in total. The number of aromatic nitrogens is 4. The third-order valence-electron chi connectivity index (χ3n) is 5.08. The maximum atomic E-state index is 13.2. The van der Waals surface area contributed by atoms with Crippen LogP contribution in [0.25, 0.3) is 22.4 Å². The summed E-state index contributed by atoms with van der Waals surface area (Å²) in [6.45, 7) is 0.598.